The molecular formula is C27H39N3O5. The standard InChI is InChI=1S/C26H37N3O3.CH2O2/c1-31-24-16-22-20-9-5-10-21(20)26(27-18-7-4-8-19(30)15-18)28-23(22)17-25(24)32-14-6-13-29-11-2-3-12-29;2-1-3/h16-19,30H,2-15H2,1H3,(H,27,28);1H,(H,2,3)/t18-,19+;/m1./s1. The highest BCUT2D eigenvalue weighted by Crippen LogP contribution is 2.39. The maximum absolute atomic E-state index is 10.1. The Balaban J connectivity index is 0.000000917. The average Bonchev–Trinajstić information content (AvgIpc) is 3.55. The molecule has 2 fully saturated rings. The molecular weight excluding hydrogens is 446 g/mol. The van der Waals surface area contributed by atoms with Crippen LogP contribution in [-0.2, 0) is 17.6 Å². The molecule has 1 aromatic carbocycles. The third-order valence-electron chi connectivity index (χ3n) is 7.41. The lowest BCUT2D eigenvalue weighted by Gasteiger charge is -2.28. The van der Waals surface area contributed by atoms with Gasteiger partial charge in [0.2, 0.25) is 0 Å². The fourth-order valence-electron chi connectivity index (χ4n) is 5.73. The fourth-order valence-corrected chi connectivity index (χ4v) is 5.73. The molecule has 1 aromatic heterocycles. The van der Waals surface area contributed by atoms with Crippen LogP contribution in [0.25, 0.3) is 10.9 Å². The van der Waals surface area contributed by atoms with Gasteiger partial charge in [-0.1, -0.05) is 0 Å². The second-order valence-electron chi connectivity index (χ2n) is 9.81. The molecule has 8 heteroatoms. The average molecular weight is 486 g/mol. The van der Waals surface area contributed by atoms with Gasteiger partial charge in [0, 0.05) is 24.0 Å². The molecule has 2 aliphatic carbocycles. The number of carbonyl (C=O) groups is 1. The first kappa shape index (κ1) is 25.5. The Kier molecular flexibility index (Phi) is 9.04. The molecule has 0 amide bonds. The summed E-state index contributed by atoms with van der Waals surface area (Å²) >= 11 is 0. The first-order valence-electron chi connectivity index (χ1n) is 13.0. The third-order valence-corrected chi connectivity index (χ3v) is 7.41. The van der Waals surface area contributed by atoms with Gasteiger partial charge in [0.1, 0.15) is 5.82 Å². The van der Waals surface area contributed by atoms with Gasteiger partial charge < -0.3 is 29.9 Å². The van der Waals surface area contributed by atoms with Crippen LogP contribution in [0.2, 0.25) is 0 Å². The maximum Gasteiger partial charge on any atom is 0.290 e. The van der Waals surface area contributed by atoms with Gasteiger partial charge in [0.15, 0.2) is 11.5 Å². The number of methoxy groups -OCH3 is 1. The molecule has 35 heavy (non-hydrogen) atoms. The number of hydrogen-bond donors (Lipinski definition) is 3. The summed E-state index contributed by atoms with van der Waals surface area (Å²) in [6.45, 7) is 3.99. The van der Waals surface area contributed by atoms with Crippen LogP contribution in [0.5, 0.6) is 11.5 Å². The lowest BCUT2D eigenvalue weighted by molar-refractivity contribution is -0.122. The lowest BCUT2D eigenvalue weighted by atomic mass is 9.93. The molecule has 1 saturated carbocycles. The first-order valence-corrected chi connectivity index (χ1v) is 13.0. The molecule has 3 aliphatic rings. The summed E-state index contributed by atoms with van der Waals surface area (Å²) in [6, 6.07) is 4.48. The number of benzene rings is 1. The summed E-state index contributed by atoms with van der Waals surface area (Å²) in [5, 5.41) is 21.9. The Morgan fingerprint density at radius 2 is 1.89 bits per heavy atom. The smallest absolute Gasteiger partial charge is 0.290 e. The van der Waals surface area contributed by atoms with Crippen LogP contribution in [0.4, 0.5) is 5.82 Å². The van der Waals surface area contributed by atoms with Crippen molar-refractivity contribution in [1.82, 2.24) is 9.88 Å². The number of ether oxygens (including phenoxy) is 2. The monoisotopic (exact) mass is 485 g/mol. The topological polar surface area (TPSA) is 104 Å². The van der Waals surface area contributed by atoms with Crippen LogP contribution in [0, 0.1) is 0 Å². The predicted octanol–water partition coefficient (Wildman–Crippen LogP) is 4.01. The van der Waals surface area contributed by atoms with E-state index in [0.29, 0.717) is 12.6 Å². The van der Waals surface area contributed by atoms with Crippen molar-refractivity contribution in [2.75, 3.05) is 38.7 Å². The quantitative estimate of drug-likeness (QED) is 0.381. The minimum atomic E-state index is -0.250. The van der Waals surface area contributed by atoms with Gasteiger partial charge >= 0.3 is 0 Å². The van der Waals surface area contributed by atoms with Crippen molar-refractivity contribution in [2.24, 2.45) is 0 Å². The molecule has 1 saturated heterocycles. The number of aryl methyl sites for hydroxylation is 1. The second-order valence-corrected chi connectivity index (χ2v) is 9.81. The summed E-state index contributed by atoms with van der Waals surface area (Å²) in [6.07, 6.45) is 10.7. The number of nitrogens with one attached hydrogen (secondary N) is 1. The number of carboxylic acid groups (broad SMARTS) is 1. The number of anilines is 1. The molecule has 8 nitrogen and oxygen atoms in total. The van der Waals surface area contributed by atoms with Crippen LogP contribution < -0.4 is 14.8 Å². The molecule has 0 bridgehead atoms. The van der Waals surface area contributed by atoms with E-state index in [-0.39, 0.29) is 12.6 Å². The number of fused-ring (bicyclic) bond motifs is 3. The first-order chi connectivity index (χ1) is 17.1. The molecule has 0 unspecified atom stereocenters. The molecule has 5 rings (SSSR count). The summed E-state index contributed by atoms with van der Waals surface area (Å²) in [5.74, 6) is 2.59. The number of hydrogen-bond acceptors (Lipinski definition) is 7. The minimum absolute atomic E-state index is 0.195. The molecule has 0 radical (unpaired) electrons. The zero-order chi connectivity index (χ0) is 24.6. The minimum Gasteiger partial charge on any atom is -0.493 e. The van der Waals surface area contributed by atoms with E-state index >= 15 is 0 Å². The van der Waals surface area contributed by atoms with E-state index in [2.05, 4.69) is 22.3 Å². The van der Waals surface area contributed by atoms with Gasteiger partial charge in [-0.2, -0.15) is 0 Å². The molecule has 1 aliphatic heterocycles. The number of likely N-dealkylation sites (tertiary alicyclic amines) is 1. The Hall–Kier alpha value is -2.58. The zero-order valence-electron chi connectivity index (χ0n) is 20.8. The van der Waals surface area contributed by atoms with Crippen molar-refractivity contribution in [3.63, 3.8) is 0 Å². The van der Waals surface area contributed by atoms with Crippen molar-refractivity contribution in [3.05, 3.63) is 23.3 Å². The van der Waals surface area contributed by atoms with Crippen molar-refractivity contribution in [1.29, 1.82) is 0 Å². The van der Waals surface area contributed by atoms with Crippen molar-refractivity contribution in [3.8, 4) is 11.5 Å². The van der Waals surface area contributed by atoms with Crippen LogP contribution in [0.1, 0.15) is 62.5 Å². The summed E-state index contributed by atoms with van der Waals surface area (Å²) in [4.78, 5) is 15.9. The molecule has 192 valence electrons. The maximum atomic E-state index is 10.1. The van der Waals surface area contributed by atoms with Crippen molar-refractivity contribution >= 4 is 23.2 Å². The van der Waals surface area contributed by atoms with E-state index < -0.39 is 0 Å². The van der Waals surface area contributed by atoms with Crippen molar-refractivity contribution < 1.29 is 24.5 Å². The van der Waals surface area contributed by atoms with Gasteiger partial charge in [-0.05, 0) is 94.5 Å². The molecule has 2 aromatic rings. The van der Waals surface area contributed by atoms with E-state index in [1.54, 1.807) is 7.11 Å². The van der Waals surface area contributed by atoms with Crippen LogP contribution in [0.15, 0.2) is 12.1 Å². The number of aliphatic hydroxyl groups excluding tert-OH is 1. The highest BCUT2D eigenvalue weighted by atomic mass is 16.5. The van der Waals surface area contributed by atoms with Crippen LogP contribution in [0.3, 0.4) is 0 Å². The molecule has 2 heterocycles. The van der Waals surface area contributed by atoms with Crippen LogP contribution >= 0.6 is 0 Å². The number of pyridine rings is 1. The number of aliphatic hydroxyl groups is 1. The van der Waals surface area contributed by atoms with Gasteiger partial charge in [-0.25, -0.2) is 4.98 Å². The molecule has 2 atom stereocenters. The Bertz CT molecular complexity index is 993. The van der Waals surface area contributed by atoms with Gasteiger partial charge in [0.25, 0.3) is 6.47 Å². The molecule has 0 spiro atoms. The Morgan fingerprint density at radius 3 is 2.63 bits per heavy atom. The SMILES string of the molecule is COc1cc2c3c(c(N[C@@H]4CCC[C@H](O)C4)nc2cc1OCCCN1CCCC1)CCC3.O=CO. The Labute approximate surface area is 207 Å². The summed E-state index contributed by atoms with van der Waals surface area (Å²) in [7, 11) is 1.72. The number of nitrogens with zero attached hydrogens (tertiary/aromatic N) is 2. The summed E-state index contributed by atoms with van der Waals surface area (Å²) in [5.41, 5.74) is 3.71. The summed E-state index contributed by atoms with van der Waals surface area (Å²) < 4.78 is 11.9. The van der Waals surface area contributed by atoms with E-state index in [1.807, 2.05) is 0 Å². The zero-order valence-corrected chi connectivity index (χ0v) is 20.8. The number of rotatable bonds is 8. The predicted molar refractivity (Wildman–Crippen MR) is 137 cm³/mol. The Morgan fingerprint density at radius 1 is 1.11 bits per heavy atom. The van der Waals surface area contributed by atoms with E-state index in [9.17, 15) is 5.11 Å². The largest absolute Gasteiger partial charge is 0.493 e. The van der Waals surface area contributed by atoms with E-state index in [4.69, 9.17) is 24.4 Å². The lowest BCUT2D eigenvalue weighted by Crippen LogP contribution is -2.30. The second kappa shape index (κ2) is 12.4. The number of aromatic nitrogens is 1. The van der Waals surface area contributed by atoms with Crippen molar-refractivity contribution in [2.45, 2.75) is 76.4 Å². The van der Waals surface area contributed by atoms with Crippen LogP contribution in [-0.4, -0.2) is 72.1 Å². The third kappa shape index (κ3) is 6.35. The van der Waals surface area contributed by atoms with Gasteiger partial charge in [-0.15, -0.1) is 0 Å². The van der Waals surface area contributed by atoms with E-state index in [1.165, 1.54) is 42.4 Å². The normalized spacial score (nSPS) is 21.8. The highest BCUT2D eigenvalue weighted by Gasteiger charge is 2.25. The van der Waals surface area contributed by atoms with Gasteiger partial charge in [-0.3, -0.25) is 4.79 Å². The van der Waals surface area contributed by atoms with E-state index in [0.717, 1.165) is 80.7 Å². The van der Waals surface area contributed by atoms with Gasteiger partial charge in [0.05, 0.1) is 25.3 Å². The highest BCUT2D eigenvalue weighted by molar-refractivity contribution is 5.89. The molecule has 3 N–H and O–H groups in total. The fraction of sp³-hybridized carbons (Fsp3) is 0.630.